The number of carbonyl (C=O) groups excluding carboxylic acids is 1. The largest absolute Gasteiger partial charge is 0.481 e. The molecular formula is C8H14N2O3. The van der Waals surface area contributed by atoms with Crippen LogP contribution in [0.4, 0.5) is 0 Å². The zero-order valence-electron chi connectivity index (χ0n) is 7.38. The molecule has 4 N–H and O–H groups in total. The molecule has 5 heteroatoms. The molecule has 1 aliphatic rings. The van der Waals surface area contributed by atoms with E-state index >= 15 is 0 Å². The molecule has 0 bridgehead atoms. The molecule has 1 aliphatic carbocycles. The van der Waals surface area contributed by atoms with Crippen LogP contribution in [0.3, 0.4) is 0 Å². The number of amides is 1. The molecule has 0 aromatic carbocycles. The van der Waals surface area contributed by atoms with Crippen LogP contribution < -0.4 is 11.1 Å². The fraction of sp³-hybridized carbons (Fsp3) is 0.750. The lowest BCUT2D eigenvalue weighted by molar-refractivity contribution is -0.137. The van der Waals surface area contributed by atoms with Gasteiger partial charge in [-0.3, -0.25) is 9.59 Å². The SMILES string of the molecule is NC1(C(=O)NCCC(=O)O)CCC1. The Morgan fingerprint density at radius 3 is 2.46 bits per heavy atom. The quantitative estimate of drug-likeness (QED) is 0.549. The number of rotatable bonds is 4. The summed E-state index contributed by atoms with van der Waals surface area (Å²) < 4.78 is 0. The second kappa shape index (κ2) is 3.74. The number of carboxylic acids is 1. The normalized spacial score (nSPS) is 18.8. The molecule has 1 saturated carbocycles. The Bertz CT molecular complexity index is 223. The number of carboxylic acid groups (broad SMARTS) is 1. The number of hydrogen-bond donors (Lipinski definition) is 3. The molecule has 0 aromatic heterocycles. The summed E-state index contributed by atoms with van der Waals surface area (Å²) in [5.41, 5.74) is 4.98. The molecule has 13 heavy (non-hydrogen) atoms. The fourth-order valence-corrected chi connectivity index (χ4v) is 1.24. The average Bonchev–Trinajstić information content (AvgIpc) is 1.99. The van der Waals surface area contributed by atoms with Crippen LogP contribution in [0.1, 0.15) is 25.7 Å². The lowest BCUT2D eigenvalue weighted by Gasteiger charge is -2.36. The van der Waals surface area contributed by atoms with Crippen LogP contribution in [0.2, 0.25) is 0 Å². The molecule has 5 nitrogen and oxygen atoms in total. The van der Waals surface area contributed by atoms with Gasteiger partial charge in [0.25, 0.3) is 0 Å². The summed E-state index contributed by atoms with van der Waals surface area (Å²) in [6.45, 7) is 0.160. The van der Waals surface area contributed by atoms with Gasteiger partial charge in [-0.1, -0.05) is 0 Å². The van der Waals surface area contributed by atoms with Crippen molar-refractivity contribution in [3.05, 3.63) is 0 Å². The smallest absolute Gasteiger partial charge is 0.305 e. The van der Waals surface area contributed by atoms with Gasteiger partial charge < -0.3 is 16.2 Å². The van der Waals surface area contributed by atoms with E-state index in [4.69, 9.17) is 10.8 Å². The zero-order valence-corrected chi connectivity index (χ0v) is 7.38. The summed E-state index contributed by atoms with van der Waals surface area (Å²) in [6, 6.07) is 0. The maximum Gasteiger partial charge on any atom is 0.305 e. The average molecular weight is 186 g/mol. The van der Waals surface area contributed by atoms with Gasteiger partial charge in [-0.15, -0.1) is 0 Å². The highest BCUT2D eigenvalue weighted by Crippen LogP contribution is 2.28. The summed E-state index contributed by atoms with van der Waals surface area (Å²) >= 11 is 0. The van der Waals surface area contributed by atoms with Crippen LogP contribution in [-0.2, 0) is 9.59 Å². The van der Waals surface area contributed by atoms with Crippen LogP contribution in [0, 0.1) is 0 Å². The van der Waals surface area contributed by atoms with Gasteiger partial charge in [-0.2, -0.15) is 0 Å². The highest BCUT2D eigenvalue weighted by molar-refractivity contribution is 5.87. The molecule has 0 heterocycles. The van der Waals surface area contributed by atoms with Crippen molar-refractivity contribution in [3.8, 4) is 0 Å². The van der Waals surface area contributed by atoms with Crippen molar-refractivity contribution in [1.82, 2.24) is 5.32 Å². The van der Waals surface area contributed by atoms with Crippen molar-refractivity contribution >= 4 is 11.9 Å². The van der Waals surface area contributed by atoms with Crippen molar-refractivity contribution < 1.29 is 14.7 Å². The van der Waals surface area contributed by atoms with Gasteiger partial charge in [0.05, 0.1) is 12.0 Å². The van der Waals surface area contributed by atoms with Gasteiger partial charge >= 0.3 is 5.97 Å². The maximum absolute atomic E-state index is 11.3. The minimum absolute atomic E-state index is 0.0537. The molecule has 0 spiro atoms. The number of hydrogen-bond acceptors (Lipinski definition) is 3. The van der Waals surface area contributed by atoms with Crippen molar-refractivity contribution in [2.45, 2.75) is 31.2 Å². The topological polar surface area (TPSA) is 92.4 Å². The third-order valence-corrected chi connectivity index (χ3v) is 2.32. The monoisotopic (exact) mass is 186 g/mol. The first-order valence-corrected chi connectivity index (χ1v) is 4.33. The predicted molar refractivity (Wildman–Crippen MR) is 46.0 cm³/mol. The van der Waals surface area contributed by atoms with E-state index in [1.54, 1.807) is 0 Å². The summed E-state index contributed by atoms with van der Waals surface area (Å²) in [5, 5.41) is 10.8. The number of carbonyl (C=O) groups is 2. The van der Waals surface area contributed by atoms with Crippen LogP contribution in [0.5, 0.6) is 0 Å². The molecule has 0 aromatic rings. The van der Waals surface area contributed by atoms with Crippen molar-refractivity contribution in [2.75, 3.05) is 6.54 Å². The van der Waals surface area contributed by atoms with Crippen molar-refractivity contribution in [2.24, 2.45) is 5.73 Å². The van der Waals surface area contributed by atoms with E-state index in [2.05, 4.69) is 5.32 Å². The fourth-order valence-electron chi connectivity index (χ4n) is 1.24. The standard InChI is InChI=1S/C8H14N2O3/c9-8(3-1-4-8)7(13)10-5-2-6(11)12/h1-5,9H2,(H,10,13)(H,11,12). The highest BCUT2D eigenvalue weighted by Gasteiger charge is 2.39. The van der Waals surface area contributed by atoms with E-state index in [9.17, 15) is 9.59 Å². The highest BCUT2D eigenvalue weighted by atomic mass is 16.4. The Balaban J connectivity index is 2.21. The molecule has 0 radical (unpaired) electrons. The minimum atomic E-state index is -0.917. The second-order valence-electron chi connectivity index (χ2n) is 3.41. The Labute approximate surface area is 76.3 Å². The van der Waals surface area contributed by atoms with Gasteiger partial charge in [0, 0.05) is 6.54 Å². The van der Waals surface area contributed by atoms with E-state index < -0.39 is 11.5 Å². The molecule has 0 saturated heterocycles. The van der Waals surface area contributed by atoms with E-state index in [1.807, 2.05) is 0 Å². The summed E-state index contributed by atoms with van der Waals surface area (Å²) in [4.78, 5) is 21.4. The van der Waals surface area contributed by atoms with Crippen LogP contribution in [0.25, 0.3) is 0 Å². The molecule has 1 amide bonds. The van der Waals surface area contributed by atoms with Gasteiger partial charge in [0.1, 0.15) is 0 Å². The van der Waals surface area contributed by atoms with Crippen molar-refractivity contribution in [3.63, 3.8) is 0 Å². The van der Waals surface area contributed by atoms with Crippen LogP contribution in [0.15, 0.2) is 0 Å². The predicted octanol–water partition coefficient (Wildman–Crippen LogP) is -0.541. The number of nitrogens with one attached hydrogen (secondary N) is 1. The summed E-state index contributed by atoms with van der Waals surface area (Å²) in [7, 11) is 0. The molecule has 0 atom stereocenters. The van der Waals surface area contributed by atoms with Gasteiger partial charge in [-0.05, 0) is 19.3 Å². The van der Waals surface area contributed by atoms with Gasteiger partial charge in [0.2, 0.25) is 5.91 Å². The second-order valence-corrected chi connectivity index (χ2v) is 3.41. The Hall–Kier alpha value is -1.10. The summed E-state index contributed by atoms with van der Waals surface area (Å²) in [5.74, 6) is -1.14. The van der Waals surface area contributed by atoms with E-state index in [0.717, 1.165) is 6.42 Å². The molecule has 0 unspecified atom stereocenters. The third-order valence-electron chi connectivity index (χ3n) is 2.32. The number of aliphatic carboxylic acids is 1. The van der Waals surface area contributed by atoms with Crippen LogP contribution >= 0.6 is 0 Å². The molecule has 0 aliphatic heterocycles. The maximum atomic E-state index is 11.3. The van der Waals surface area contributed by atoms with E-state index in [1.165, 1.54) is 0 Å². The first kappa shape index (κ1) is 9.98. The Morgan fingerprint density at radius 2 is 2.08 bits per heavy atom. The molecule has 1 fully saturated rings. The van der Waals surface area contributed by atoms with Crippen LogP contribution in [-0.4, -0.2) is 29.1 Å². The number of nitrogens with two attached hydrogens (primary N) is 1. The first-order chi connectivity index (χ1) is 6.04. The van der Waals surface area contributed by atoms with Gasteiger partial charge in [-0.25, -0.2) is 0 Å². The van der Waals surface area contributed by atoms with Crippen molar-refractivity contribution in [1.29, 1.82) is 0 Å². The molecule has 1 rings (SSSR count). The van der Waals surface area contributed by atoms with E-state index in [-0.39, 0.29) is 18.9 Å². The van der Waals surface area contributed by atoms with E-state index in [0.29, 0.717) is 12.8 Å². The Morgan fingerprint density at radius 1 is 1.46 bits per heavy atom. The lowest BCUT2D eigenvalue weighted by Crippen LogP contribution is -2.58. The minimum Gasteiger partial charge on any atom is -0.481 e. The summed E-state index contributed by atoms with van der Waals surface area (Å²) in [6.07, 6.45) is 2.32. The molecule has 74 valence electrons. The molecular weight excluding hydrogens is 172 g/mol. The Kier molecular flexibility index (Phi) is 2.87. The zero-order chi connectivity index (χ0) is 9.90. The third kappa shape index (κ3) is 2.42. The first-order valence-electron chi connectivity index (χ1n) is 4.33. The van der Waals surface area contributed by atoms with Gasteiger partial charge in [0.15, 0.2) is 0 Å². The lowest BCUT2D eigenvalue weighted by atomic mass is 9.77.